The molecule has 3 aromatic rings. The molecule has 6 rings (SSSR count). The van der Waals surface area contributed by atoms with Crippen molar-refractivity contribution in [2.45, 2.75) is 56.1 Å². The number of ether oxygens (including phenoxy) is 1. The van der Waals surface area contributed by atoms with Gasteiger partial charge in [-0.05, 0) is 67.7 Å². The Labute approximate surface area is 171 Å². The van der Waals surface area contributed by atoms with Crippen LogP contribution in [-0.2, 0) is 10.3 Å². The van der Waals surface area contributed by atoms with Crippen LogP contribution in [0.25, 0.3) is 10.9 Å². The highest BCUT2D eigenvalue weighted by molar-refractivity contribution is 5.95. The topological polar surface area (TPSA) is 110 Å². The number of nitrogens with zero attached hydrogens (tertiary/aromatic N) is 2. The smallest absolute Gasteiger partial charge is 0.438 e. The monoisotopic (exact) mass is 409 g/mol. The first kappa shape index (κ1) is 17.9. The number of aromatic amines is 1. The Morgan fingerprint density at radius 3 is 2.73 bits per heavy atom. The minimum atomic E-state index is -1.000. The van der Waals surface area contributed by atoms with E-state index in [1.807, 2.05) is 17.6 Å². The first-order valence-electron chi connectivity index (χ1n) is 10.5. The molecule has 2 aromatic heterocycles. The summed E-state index contributed by atoms with van der Waals surface area (Å²) in [5.74, 6) is -0.698. The fourth-order valence-electron chi connectivity index (χ4n) is 5.45. The van der Waals surface area contributed by atoms with Crippen molar-refractivity contribution in [3.05, 3.63) is 51.9 Å². The second-order valence-electron chi connectivity index (χ2n) is 9.18. The maximum atomic E-state index is 12.1. The van der Waals surface area contributed by atoms with E-state index >= 15 is 0 Å². The van der Waals surface area contributed by atoms with Crippen molar-refractivity contribution in [3.63, 3.8) is 0 Å². The van der Waals surface area contributed by atoms with Crippen LogP contribution in [-0.4, -0.2) is 38.0 Å². The Balaban J connectivity index is 1.48. The van der Waals surface area contributed by atoms with Gasteiger partial charge in [0.25, 0.3) is 0 Å². The predicted molar refractivity (Wildman–Crippen MR) is 107 cm³/mol. The molecule has 0 bridgehead atoms. The molecule has 2 saturated carbocycles. The van der Waals surface area contributed by atoms with Crippen molar-refractivity contribution in [2.24, 2.45) is 5.92 Å². The molecule has 3 aliphatic rings. The number of carboxylic acid groups (broad SMARTS) is 1. The number of H-pyrrole nitrogens is 1. The lowest BCUT2D eigenvalue weighted by molar-refractivity contribution is -0.0132. The molecule has 2 aliphatic carbocycles. The van der Waals surface area contributed by atoms with Gasteiger partial charge in [0.2, 0.25) is 0 Å². The van der Waals surface area contributed by atoms with Gasteiger partial charge in [-0.3, -0.25) is 9.51 Å². The number of aromatic nitrogens is 3. The number of rotatable bonds is 4. The Hall–Kier alpha value is -2.87. The van der Waals surface area contributed by atoms with Gasteiger partial charge in [0.15, 0.2) is 5.82 Å². The molecule has 3 atom stereocenters. The van der Waals surface area contributed by atoms with E-state index < -0.39 is 17.3 Å². The third kappa shape index (κ3) is 2.46. The Kier molecular flexibility index (Phi) is 3.50. The zero-order chi connectivity index (χ0) is 20.7. The van der Waals surface area contributed by atoms with Gasteiger partial charge in [-0.2, -0.15) is 0 Å². The summed E-state index contributed by atoms with van der Waals surface area (Å²) in [5.41, 5.74) is 1.64. The number of fused-ring (bicyclic) bond motifs is 1. The molecule has 3 fully saturated rings. The molecule has 8 heteroatoms. The van der Waals surface area contributed by atoms with Gasteiger partial charge in [-0.15, -0.1) is 0 Å². The van der Waals surface area contributed by atoms with Crippen LogP contribution in [0.5, 0.6) is 0 Å². The Bertz CT molecular complexity index is 1230. The van der Waals surface area contributed by atoms with Crippen LogP contribution >= 0.6 is 0 Å². The number of nitrogens with one attached hydrogen (secondary N) is 1. The molecule has 1 aliphatic heterocycles. The zero-order valence-electron chi connectivity index (χ0n) is 16.7. The van der Waals surface area contributed by atoms with Crippen LogP contribution in [0, 0.1) is 5.92 Å². The van der Waals surface area contributed by atoms with Crippen molar-refractivity contribution in [1.29, 1.82) is 0 Å². The lowest BCUT2D eigenvalue weighted by atomic mass is 9.87. The van der Waals surface area contributed by atoms with E-state index in [9.17, 15) is 14.7 Å². The number of benzene rings is 1. The maximum Gasteiger partial charge on any atom is 0.438 e. The summed E-state index contributed by atoms with van der Waals surface area (Å²) in [4.78, 5) is 26.4. The van der Waals surface area contributed by atoms with Crippen molar-refractivity contribution >= 4 is 16.9 Å². The SMILES string of the molecule is C[C@H]1C[C@]1(c1noc(=O)[nH]1)n1c(C(=O)O)cc2cc([C@@H]3CCOC4(CC4)C3)ccc21. The summed E-state index contributed by atoms with van der Waals surface area (Å²) in [5, 5.41) is 14.7. The molecule has 8 nitrogen and oxygen atoms in total. The maximum absolute atomic E-state index is 12.1. The summed E-state index contributed by atoms with van der Waals surface area (Å²) in [6.07, 6.45) is 4.99. The summed E-state index contributed by atoms with van der Waals surface area (Å²) < 4.78 is 12.5. The van der Waals surface area contributed by atoms with Gasteiger partial charge in [0, 0.05) is 17.5 Å². The van der Waals surface area contributed by atoms with Crippen LogP contribution in [0.3, 0.4) is 0 Å². The predicted octanol–water partition coefficient (Wildman–Crippen LogP) is 3.23. The molecule has 0 amide bonds. The molecule has 30 heavy (non-hydrogen) atoms. The molecule has 0 unspecified atom stereocenters. The first-order valence-corrected chi connectivity index (χ1v) is 10.5. The molecule has 1 spiro atoms. The lowest BCUT2D eigenvalue weighted by Crippen LogP contribution is -2.27. The second-order valence-corrected chi connectivity index (χ2v) is 9.18. The van der Waals surface area contributed by atoms with E-state index in [0.29, 0.717) is 18.2 Å². The zero-order valence-corrected chi connectivity index (χ0v) is 16.7. The van der Waals surface area contributed by atoms with Crippen LogP contribution in [0.2, 0.25) is 0 Å². The van der Waals surface area contributed by atoms with E-state index in [1.165, 1.54) is 5.56 Å². The Morgan fingerprint density at radius 2 is 2.10 bits per heavy atom. The molecule has 156 valence electrons. The minimum absolute atomic E-state index is 0.0857. The fraction of sp³-hybridized carbons (Fsp3) is 0.500. The summed E-state index contributed by atoms with van der Waals surface area (Å²) in [7, 11) is 0. The van der Waals surface area contributed by atoms with E-state index in [2.05, 4.69) is 22.3 Å². The molecule has 0 radical (unpaired) electrons. The van der Waals surface area contributed by atoms with Crippen molar-refractivity contribution in [1.82, 2.24) is 14.7 Å². The van der Waals surface area contributed by atoms with Crippen LogP contribution in [0.1, 0.15) is 66.8 Å². The van der Waals surface area contributed by atoms with Crippen molar-refractivity contribution in [2.75, 3.05) is 6.61 Å². The molecule has 3 heterocycles. The minimum Gasteiger partial charge on any atom is -0.477 e. The second kappa shape index (κ2) is 5.85. The summed E-state index contributed by atoms with van der Waals surface area (Å²) in [6, 6.07) is 7.98. The Morgan fingerprint density at radius 1 is 1.30 bits per heavy atom. The highest BCUT2D eigenvalue weighted by Crippen LogP contribution is 2.56. The van der Waals surface area contributed by atoms with Crippen LogP contribution in [0.4, 0.5) is 0 Å². The summed E-state index contributed by atoms with van der Waals surface area (Å²) >= 11 is 0. The molecular formula is C22H23N3O5. The molecule has 1 saturated heterocycles. The van der Waals surface area contributed by atoms with E-state index in [1.54, 1.807) is 6.07 Å². The fourth-order valence-corrected chi connectivity index (χ4v) is 5.45. The van der Waals surface area contributed by atoms with Gasteiger partial charge >= 0.3 is 11.7 Å². The highest BCUT2D eigenvalue weighted by atomic mass is 16.5. The van der Waals surface area contributed by atoms with Gasteiger partial charge < -0.3 is 14.4 Å². The average Bonchev–Trinajstić information content (AvgIpc) is 3.49. The van der Waals surface area contributed by atoms with Crippen molar-refractivity contribution < 1.29 is 19.2 Å². The van der Waals surface area contributed by atoms with E-state index in [4.69, 9.17) is 9.26 Å². The number of carbonyl (C=O) groups is 1. The van der Waals surface area contributed by atoms with Gasteiger partial charge in [-0.25, -0.2) is 9.59 Å². The van der Waals surface area contributed by atoms with Gasteiger partial charge in [-0.1, -0.05) is 18.1 Å². The number of hydrogen-bond donors (Lipinski definition) is 2. The van der Waals surface area contributed by atoms with Gasteiger partial charge in [0.05, 0.1) is 5.60 Å². The largest absolute Gasteiger partial charge is 0.477 e. The molecular weight excluding hydrogens is 386 g/mol. The normalized spacial score (nSPS) is 29.4. The molecule has 1 aromatic carbocycles. The first-order chi connectivity index (χ1) is 14.4. The summed E-state index contributed by atoms with van der Waals surface area (Å²) in [6.45, 7) is 2.81. The highest BCUT2D eigenvalue weighted by Gasteiger charge is 2.59. The van der Waals surface area contributed by atoms with Crippen LogP contribution < -0.4 is 5.76 Å². The standard InChI is InChI=1S/C22H23N3O5/c1-12-10-22(12,19-23-20(28)30-24-19)25-16-3-2-13(8-15(16)9-17(25)18(26)27)14-4-7-29-21(11-14)5-6-21/h2-3,8-9,12,14H,4-7,10-11H2,1H3,(H,26,27)(H,23,24,28)/t12-,14+,22-/m0/s1. The third-order valence-corrected chi connectivity index (χ3v) is 7.34. The lowest BCUT2D eigenvalue weighted by Gasteiger charge is -2.30. The van der Waals surface area contributed by atoms with Crippen molar-refractivity contribution in [3.8, 4) is 0 Å². The molecule has 2 N–H and O–H groups in total. The van der Waals surface area contributed by atoms with Crippen LogP contribution in [0.15, 0.2) is 33.6 Å². The number of hydrogen-bond acceptors (Lipinski definition) is 5. The number of carboxylic acids is 1. The van der Waals surface area contributed by atoms with E-state index in [0.717, 1.165) is 43.2 Å². The quantitative estimate of drug-likeness (QED) is 0.685. The third-order valence-electron chi connectivity index (χ3n) is 7.34. The number of aromatic carboxylic acids is 1. The van der Waals surface area contributed by atoms with E-state index in [-0.39, 0.29) is 17.2 Å². The average molecular weight is 409 g/mol. The van der Waals surface area contributed by atoms with Gasteiger partial charge in [0.1, 0.15) is 11.2 Å².